The standard InChI is InChI=1S/C20H17F2NO5S/c1-4-25-19(24)20(21,22)28-17-10(2)5-12(6-11(17)3)18-23-13-7-14-15(27-9-26-14)8-16(13)29-18/h5-8H,4,9H2,1-3H3. The van der Waals surface area contributed by atoms with E-state index in [1.165, 1.54) is 18.3 Å². The molecule has 1 aromatic heterocycles. The number of carbonyl (C=O) groups excluding carboxylic acids is 1. The Hall–Kier alpha value is -2.94. The molecule has 1 aliphatic rings. The molecule has 0 aliphatic carbocycles. The van der Waals surface area contributed by atoms with Crippen molar-refractivity contribution >= 4 is 27.5 Å². The van der Waals surface area contributed by atoms with Gasteiger partial charge in [0.05, 0.1) is 16.8 Å². The van der Waals surface area contributed by atoms with Crippen LogP contribution in [0.5, 0.6) is 17.2 Å². The van der Waals surface area contributed by atoms with Crippen LogP contribution in [0.1, 0.15) is 18.1 Å². The highest BCUT2D eigenvalue weighted by Gasteiger charge is 2.44. The third-order valence-electron chi connectivity index (χ3n) is 4.33. The number of hydrogen-bond acceptors (Lipinski definition) is 7. The zero-order valence-electron chi connectivity index (χ0n) is 15.9. The summed E-state index contributed by atoms with van der Waals surface area (Å²) in [6, 6.07) is 7.08. The molecule has 2 heterocycles. The van der Waals surface area contributed by atoms with Crippen molar-refractivity contribution in [1.82, 2.24) is 4.98 Å². The molecule has 0 N–H and O–H groups in total. The van der Waals surface area contributed by atoms with Gasteiger partial charge >= 0.3 is 12.1 Å². The summed E-state index contributed by atoms with van der Waals surface area (Å²) in [5.41, 5.74) is 2.43. The van der Waals surface area contributed by atoms with Gasteiger partial charge in [-0.25, -0.2) is 9.78 Å². The van der Waals surface area contributed by atoms with Gasteiger partial charge < -0.3 is 18.9 Å². The van der Waals surface area contributed by atoms with Crippen molar-refractivity contribution in [2.45, 2.75) is 26.9 Å². The lowest BCUT2D eigenvalue weighted by Gasteiger charge is -2.19. The van der Waals surface area contributed by atoms with E-state index in [9.17, 15) is 13.6 Å². The van der Waals surface area contributed by atoms with Crippen LogP contribution in [0.25, 0.3) is 20.8 Å². The molecule has 0 bridgehead atoms. The molecule has 3 aromatic rings. The first-order chi connectivity index (χ1) is 13.8. The quantitative estimate of drug-likeness (QED) is 0.549. The third kappa shape index (κ3) is 3.57. The van der Waals surface area contributed by atoms with Crippen molar-refractivity contribution < 1.29 is 32.5 Å². The predicted molar refractivity (Wildman–Crippen MR) is 103 cm³/mol. The van der Waals surface area contributed by atoms with E-state index in [4.69, 9.17) is 14.2 Å². The van der Waals surface area contributed by atoms with Crippen molar-refractivity contribution in [2.75, 3.05) is 13.4 Å². The maximum atomic E-state index is 14.0. The van der Waals surface area contributed by atoms with Crippen molar-refractivity contribution in [1.29, 1.82) is 0 Å². The van der Waals surface area contributed by atoms with Gasteiger partial charge in [-0.3, -0.25) is 0 Å². The second-order valence-electron chi connectivity index (χ2n) is 6.47. The second-order valence-corrected chi connectivity index (χ2v) is 7.50. The number of alkyl halides is 2. The monoisotopic (exact) mass is 421 g/mol. The molecule has 0 amide bonds. The molecule has 152 valence electrons. The number of aryl methyl sites for hydroxylation is 2. The number of rotatable bonds is 5. The highest BCUT2D eigenvalue weighted by atomic mass is 32.1. The molecule has 4 rings (SSSR count). The van der Waals surface area contributed by atoms with E-state index in [0.717, 1.165) is 20.8 Å². The SMILES string of the molecule is CCOC(=O)C(F)(F)Oc1c(C)cc(-c2nc3cc4c(cc3s2)OCO4)cc1C. The summed E-state index contributed by atoms with van der Waals surface area (Å²) in [6.45, 7) is 4.75. The Balaban J connectivity index is 1.67. The van der Waals surface area contributed by atoms with Crippen LogP contribution in [-0.2, 0) is 9.53 Å². The first-order valence-electron chi connectivity index (χ1n) is 8.84. The number of fused-ring (bicyclic) bond motifs is 2. The van der Waals surface area contributed by atoms with E-state index in [-0.39, 0.29) is 19.1 Å². The van der Waals surface area contributed by atoms with Crippen LogP contribution in [0.15, 0.2) is 24.3 Å². The Morgan fingerprint density at radius 2 is 1.83 bits per heavy atom. The Labute approximate surface area is 169 Å². The van der Waals surface area contributed by atoms with E-state index in [2.05, 4.69) is 9.72 Å². The molecule has 0 radical (unpaired) electrons. The van der Waals surface area contributed by atoms with Crippen LogP contribution in [0.2, 0.25) is 0 Å². The third-order valence-corrected chi connectivity index (χ3v) is 5.40. The number of hydrogen-bond donors (Lipinski definition) is 0. The van der Waals surface area contributed by atoms with Crippen LogP contribution in [0.3, 0.4) is 0 Å². The van der Waals surface area contributed by atoms with Crippen LogP contribution < -0.4 is 14.2 Å². The van der Waals surface area contributed by atoms with Gasteiger partial charge in [-0.2, -0.15) is 8.78 Å². The summed E-state index contributed by atoms with van der Waals surface area (Å²) < 4.78 is 48.8. The summed E-state index contributed by atoms with van der Waals surface area (Å²) in [5, 5.41) is 0.721. The maximum absolute atomic E-state index is 14.0. The summed E-state index contributed by atoms with van der Waals surface area (Å²) in [7, 11) is 0. The van der Waals surface area contributed by atoms with Gasteiger partial charge in [0, 0.05) is 17.7 Å². The highest BCUT2D eigenvalue weighted by molar-refractivity contribution is 7.21. The number of halogens is 2. The normalized spacial score (nSPS) is 13.0. The van der Waals surface area contributed by atoms with Gasteiger partial charge in [0.25, 0.3) is 0 Å². The van der Waals surface area contributed by atoms with Crippen LogP contribution >= 0.6 is 11.3 Å². The average molecular weight is 421 g/mol. The lowest BCUT2D eigenvalue weighted by Crippen LogP contribution is -2.37. The molecule has 1 aliphatic heterocycles. The van der Waals surface area contributed by atoms with Crippen LogP contribution in [0, 0.1) is 13.8 Å². The molecule has 0 fully saturated rings. The van der Waals surface area contributed by atoms with Gasteiger partial charge in [-0.05, 0) is 44.0 Å². The zero-order valence-corrected chi connectivity index (χ0v) is 16.7. The zero-order chi connectivity index (χ0) is 20.8. The number of benzene rings is 2. The van der Waals surface area contributed by atoms with Crippen molar-refractivity contribution in [3.8, 4) is 27.8 Å². The van der Waals surface area contributed by atoms with E-state index >= 15 is 0 Å². The van der Waals surface area contributed by atoms with Crippen LogP contribution in [-0.4, -0.2) is 30.5 Å². The van der Waals surface area contributed by atoms with E-state index in [1.807, 2.05) is 12.1 Å². The molecule has 0 spiro atoms. The van der Waals surface area contributed by atoms with Gasteiger partial charge in [-0.15, -0.1) is 11.3 Å². The number of ether oxygens (including phenoxy) is 4. The summed E-state index contributed by atoms with van der Waals surface area (Å²) >= 11 is 1.45. The molecule has 0 saturated carbocycles. The molecule has 29 heavy (non-hydrogen) atoms. The number of thiazole rings is 1. The minimum atomic E-state index is -4.07. The number of nitrogens with zero attached hydrogens (tertiary/aromatic N) is 1. The first kappa shape index (κ1) is 19.4. The molecule has 0 saturated heterocycles. The predicted octanol–water partition coefficient (Wildman–Crippen LogP) is 4.84. The Morgan fingerprint density at radius 3 is 2.48 bits per heavy atom. The van der Waals surface area contributed by atoms with Crippen LogP contribution in [0.4, 0.5) is 8.78 Å². The summed E-state index contributed by atoms with van der Waals surface area (Å²) in [6.07, 6.45) is -4.07. The molecule has 0 unspecified atom stereocenters. The molecule has 2 aromatic carbocycles. The molecule has 0 atom stereocenters. The van der Waals surface area contributed by atoms with Gasteiger partial charge in [0.15, 0.2) is 11.5 Å². The van der Waals surface area contributed by atoms with E-state index < -0.39 is 12.1 Å². The first-order valence-corrected chi connectivity index (χ1v) is 9.66. The number of carbonyl (C=O) groups is 1. The van der Waals surface area contributed by atoms with Gasteiger partial charge in [0.1, 0.15) is 10.8 Å². The molecule has 9 heteroatoms. The summed E-state index contributed by atoms with van der Waals surface area (Å²) in [4.78, 5) is 16.1. The Morgan fingerprint density at radius 1 is 1.17 bits per heavy atom. The van der Waals surface area contributed by atoms with Crippen molar-refractivity contribution in [2.24, 2.45) is 0 Å². The van der Waals surface area contributed by atoms with Crippen molar-refractivity contribution in [3.05, 3.63) is 35.4 Å². The lowest BCUT2D eigenvalue weighted by molar-refractivity contribution is -0.216. The summed E-state index contributed by atoms with van der Waals surface area (Å²) in [5.74, 6) is -0.461. The average Bonchev–Trinajstić information content (AvgIpc) is 3.28. The second kappa shape index (κ2) is 7.14. The Bertz CT molecular complexity index is 1050. The molecular formula is C20H17F2NO5S. The number of aromatic nitrogens is 1. The fourth-order valence-corrected chi connectivity index (χ4v) is 4.02. The molecule has 6 nitrogen and oxygen atoms in total. The fraction of sp³-hybridized carbons (Fsp3) is 0.300. The minimum Gasteiger partial charge on any atom is -0.459 e. The lowest BCUT2D eigenvalue weighted by atomic mass is 10.1. The largest absolute Gasteiger partial charge is 0.502 e. The van der Waals surface area contributed by atoms with Gasteiger partial charge in [0.2, 0.25) is 6.79 Å². The van der Waals surface area contributed by atoms with E-state index in [1.54, 1.807) is 26.0 Å². The van der Waals surface area contributed by atoms with E-state index in [0.29, 0.717) is 22.6 Å². The highest BCUT2D eigenvalue weighted by Crippen LogP contribution is 2.41. The van der Waals surface area contributed by atoms with Crippen molar-refractivity contribution in [3.63, 3.8) is 0 Å². The fourth-order valence-electron chi connectivity index (χ4n) is 3.06. The molecular weight excluding hydrogens is 404 g/mol. The Kier molecular flexibility index (Phi) is 4.77. The van der Waals surface area contributed by atoms with Gasteiger partial charge in [-0.1, -0.05) is 0 Å². The number of esters is 1. The minimum absolute atomic E-state index is 0.0614. The maximum Gasteiger partial charge on any atom is 0.502 e. The smallest absolute Gasteiger partial charge is 0.459 e. The topological polar surface area (TPSA) is 66.9 Å².